The van der Waals surface area contributed by atoms with Gasteiger partial charge < -0.3 is 10.3 Å². The number of alkyl halides is 3. The van der Waals surface area contributed by atoms with Gasteiger partial charge >= 0.3 is 6.18 Å². The number of carbonyl (C=O) groups is 1. The Morgan fingerprint density at radius 2 is 1.86 bits per heavy atom. The number of rotatable bonds is 4. The SMILES string of the molecule is O=C(Cc1cnc(-c2ccc(Cl)cc2)[nH]c1=O)Nc1cccc(C(F)(F)F)c1. The molecule has 0 bridgehead atoms. The normalized spacial score (nSPS) is 11.3. The third kappa shape index (κ3) is 4.77. The van der Waals surface area contributed by atoms with E-state index in [1.165, 1.54) is 18.3 Å². The summed E-state index contributed by atoms with van der Waals surface area (Å²) in [5, 5.41) is 2.88. The zero-order valence-electron chi connectivity index (χ0n) is 14.2. The maximum absolute atomic E-state index is 12.7. The Bertz CT molecular complexity index is 1060. The number of halogens is 4. The number of hydrogen-bond acceptors (Lipinski definition) is 3. The first kappa shape index (κ1) is 19.6. The lowest BCUT2D eigenvalue weighted by atomic mass is 10.1. The van der Waals surface area contributed by atoms with Crippen LogP contribution in [0.25, 0.3) is 11.4 Å². The molecule has 0 radical (unpaired) electrons. The fourth-order valence-electron chi connectivity index (χ4n) is 2.45. The fourth-order valence-corrected chi connectivity index (χ4v) is 2.58. The Hall–Kier alpha value is -3.13. The largest absolute Gasteiger partial charge is 0.416 e. The number of nitrogens with zero attached hydrogens (tertiary/aromatic N) is 1. The van der Waals surface area contributed by atoms with Crippen LogP contribution >= 0.6 is 11.6 Å². The summed E-state index contributed by atoms with van der Waals surface area (Å²) < 4.78 is 38.2. The summed E-state index contributed by atoms with van der Waals surface area (Å²) in [6.07, 6.45) is -3.59. The van der Waals surface area contributed by atoms with E-state index in [4.69, 9.17) is 11.6 Å². The lowest BCUT2D eigenvalue weighted by Crippen LogP contribution is -2.22. The van der Waals surface area contributed by atoms with Crippen molar-refractivity contribution in [2.24, 2.45) is 0 Å². The molecule has 0 saturated carbocycles. The van der Waals surface area contributed by atoms with Crippen LogP contribution in [0, 0.1) is 0 Å². The summed E-state index contributed by atoms with van der Waals surface area (Å²) in [6, 6.07) is 10.9. The molecule has 2 N–H and O–H groups in total. The Kier molecular flexibility index (Phi) is 5.51. The molecule has 0 spiro atoms. The van der Waals surface area contributed by atoms with E-state index < -0.39 is 23.2 Å². The molecule has 0 saturated heterocycles. The summed E-state index contributed by atoms with van der Waals surface area (Å²) in [6.45, 7) is 0. The van der Waals surface area contributed by atoms with Gasteiger partial charge in [0.1, 0.15) is 5.82 Å². The Balaban J connectivity index is 1.72. The molecule has 0 unspecified atom stereocenters. The summed E-state index contributed by atoms with van der Waals surface area (Å²) >= 11 is 5.81. The number of nitrogens with one attached hydrogen (secondary N) is 2. The first-order valence-electron chi connectivity index (χ1n) is 8.03. The molecule has 144 valence electrons. The van der Waals surface area contributed by atoms with E-state index in [9.17, 15) is 22.8 Å². The average molecular weight is 408 g/mol. The van der Waals surface area contributed by atoms with E-state index in [0.29, 0.717) is 16.4 Å². The van der Waals surface area contributed by atoms with Gasteiger partial charge in [-0.15, -0.1) is 0 Å². The minimum absolute atomic E-state index is 0.0120. The monoisotopic (exact) mass is 407 g/mol. The minimum atomic E-state index is -4.51. The highest BCUT2D eigenvalue weighted by Crippen LogP contribution is 2.30. The smallest absolute Gasteiger partial charge is 0.326 e. The second-order valence-electron chi connectivity index (χ2n) is 5.90. The summed E-state index contributed by atoms with van der Waals surface area (Å²) in [7, 11) is 0. The van der Waals surface area contributed by atoms with E-state index in [0.717, 1.165) is 12.1 Å². The number of aromatic amines is 1. The van der Waals surface area contributed by atoms with Crippen LogP contribution in [0.4, 0.5) is 18.9 Å². The highest BCUT2D eigenvalue weighted by atomic mass is 35.5. The predicted molar refractivity (Wildman–Crippen MR) is 99.1 cm³/mol. The molecule has 0 aliphatic carbocycles. The van der Waals surface area contributed by atoms with Crippen molar-refractivity contribution in [2.45, 2.75) is 12.6 Å². The molecular formula is C19H13ClF3N3O2. The van der Waals surface area contributed by atoms with Gasteiger partial charge in [-0.2, -0.15) is 13.2 Å². The molecule has 1 heterocycles. The van der Waals surface area contributed by atoms with Crippen LogP contribution in [0.2, 0.25) is 5.02 Å². The van der Waals surface area contributed by atoms with Crippen LogP contribution in [0.3, 0.4) is 0 Å². The number of amides is 1. The van der Waals surface area contributed by atoms with Crippen LogP contribution in [-0.4, -0.2) is 15.9 Å². The third-order valence-corrected chi connectivity index (χ3v) is 4.07. The quantitative estimate of drug-likeness (QED) is 0.677. The van der Waals surface area contributed by atoms with Gasteiger partial charge in [0.2, 0.25) is 5.91 Å². The maximum Gasteiger partial charge on any atom is 0.416 e. The van der Waals surface area contributed by atoms with Crippen LogP contribution in [-0.2, 0) is 17.4 Å². The summed E-state index contributed by atoms with van der Waals surface area (Å²) in [4.78, 5) is 31.0. The van der Waals surface area contributed by atoms with Crippen molar-refractivity contribution in [3.05, 3.63) is 81.2 Å². The van der Waals surface area contributed by atoms with Crippen LogP contribution < -0.4 is 10.9 Å². The Morgan fingerprint density at radius 1 is 1.14 bits per heavy atom. The molecule has 1 aromatic heterocycles. The lowest BCUT2D eigenvalue weighted by Gasteiger charge is -2.10. The zero-order chi connectivity index (χ0) is 20.3. The Morgan fingerprint density at radius 3 is 2.50 bits per heavy atom. The molecule has 1 amide bonds. The summed E-state index contributed by atoms with van der Waals surface area (Å²) in [5.74, 6) is -0.324. The minimum Gasteiger partial charge on any atom is -0.326 e. The predicted octanol–water partition coefficient (Wildman–Crippen LogP) is 4.29. The topological polar surface area (TPSA) is 74.8 Å². The van der Waals surface area contributed by atoms with Crippen molar-refractivity contribution in [3.8, 4) is 11.4 Å². The van der Waals surface area contributed by atoms with Crippen LogP contribution in [0.15, 0.2) is 59.5 Å². The standard InChI is InChI=1S/C19H13ClF3N3O2/c20-14-6-4-11(5-7-14)17-24-10-12(18(28)26-17)8-16(27)25-15-3-1-2-13(9-15)19(21,22)23/h1-7,9-10H,8H2,(H,25,27)(H,24,26,28). The van der Waals surface area contributed by atoms with Crippen molar-refractivity contribution >= 4 is 23.2 Å². The van der Waals surface area contributed by atoms with Gasteiger partial charge in [0.05, 0.1) is 12.0 Å². The molecule has 0 fully saturated rings. The molecule has 0 aliphatic heterocycles. The third-order valence-electron chi connectivity index (χ3n) is 3.82. The van der Waals surface area contributed by atoms with Crippen molar-refractivity contribution in [1.82, 2.24) is 9.97 Å². The van der Waals surface area contributed by atoms with E-state index in [-0.39, 0.29) is 17.7 Å². The van der Waals surface area contributed by atoms with E-state index >= 15 is 0 Å². The molecule has 2 aromatic carbocycles. The first-order valence-corrected chi connectivity index (χ1v) is 8.41. The van der Waals surface area contributed by atoms with Crippen molar-refractivity contribution in [1.29, 1.82) is 0 Å². The van der Waals surface area contributed by atoms with Gasteiger partial charge in [0.15, 0.2) is 0 Å². The number of carbonyl (C=O) groups excluding carboxylic acids is 1. The number of benzene rings is 2. The highest BCUT2D eigenvalue weighted by Gasteiger charge is 2.30. The second-order valence-corrected chi connectivity index (χ2v) is 6.33. The van der Waals surface area contributed by atoms with Crippen LogP contribution in [0.1, 0.15) is 11.1 Å². The van der Waals surface area contributed by atoms with Gasteiger partial charge in [0, 0.05) is 28.0 Å². The van der Waals surface area contributed by atoms with Gasteiger partial charge in [-0.05, 0) is 42.5 Å². The van der Waals surface area contributed by atoms with Gasteiger partial charge in [-0.1, -0.05) is 17.7 Å². The molecule has 5 nitrogen and oxygen atoms in total. The maximum atomic E-state index is 12.7. The molecule has 3 aromatic rings. The molecular weight excluding hydrogens is 395 g/mol. The molecule has 0 aliphatic rings. The van der Waals surface area contributed by atoms with Crippen molar-refractivity contribution in [3.63, 3.8) is 0 Å². The molecule has 3 rings (SSSR count). The Labute approximate surface area is 162 Å². The van der Waals surface area contributed by atoms with Gasteiger partial charge in [0.25, 0.3) is 5.56 Å². The number of H-pyrrole nitrogens is 1. The van der Waals surface area contributed by atoms with E-state index in [1.54, 1.807) is 24.3 Å². The number of hydrogen-bond donors (Lipinski definition) is 2. The van der Waals surface area contributed by atoms with E-state index in [2.05, 4.69) is 15.3 Å². The average Bonchev–Trinajstić information content (AvgIpc) is 2.63. The lowest BCUT2D eigenvalue weighted by molar-refractivity contribution is -0.137. The van der Waals surface area contributed by atoms with Crippen molar-refractivity contribution < 1.29 is 18.0 Å². The first-order chi connectivity index (χ1) is 13.2. The molecule has 0 atom stereocenters. The zero-order valence-corrected chi connectivity index (χ0v) is 14.9. The fraction of sp³-hybridized carbons (Fsp3) is 0.105. The van der Waals surface area contributed by atoms with Crippen molar-refractivity contribution in [2.75, 3.05) is 5.32 Å². The second kappa shape index (κ2) is 7.85. The molecule has 9 heteroatoms. The van der Waals surface area contributed by atoms with E-state index in [1.807, 2.05) is 0 Å². The molecule has 28 heavy (non-hydrogen) atoms. The highest BCUT2D eigenvalue weighted by molar-refractivity contribution is 6.30. The number of anilines is 1. The van der Waals surface area contributed by atoms with Gasteiger partial charge in [-0.3, -0.25) is 9.59 Å². The summed E-state index contributed by atoms with van der Waals surface area (Å²) in [5.41, 5.74) is -0.679. The van der Waals surface area contributed by atoms with Gasteiger partial charge in [-0.25, -0.2) is 4.98 Å². The number of aromatic nitrogens is 2. The van der Waals surface area contributed by atoms with Crippen LogP contribution in [0.5, 0.6) is 0 Å².